The number of carbonyl (C=O) groups excluding carboxylic acids is 2. The van der Waals surface area contributed by atoms with Crippen LogP contribution in [-0.4, -0.2) is 54.4 Å². The molecule has 0 spiro atoms. The highest BCUT2D eigenvalue weighted by Crippen LogP contribution is 2.36. The number of aliphatic hydroxyl groups excluding tert-OH is 1. The topological polar surface area (TPSA) is 100 Å². The number of benzene rings is 3. The number of ether oxygens (including phenoxy) is 2. The third-order valence-electron chi connectivity index (χ3n) is 8.42. The van der Waals surface area contributed by atoms with E-state index >= 15 is 0 Å². The molecule has 8 nitrogen and oxygen atoms in total. The maximum absolute atomic E-state index is 13.0. The lowest BCUT2D eigenvalue weighted by Crippen LogP contribution is -2.43. The molecule has 5 rings (SSSR count). The molecular formula is C33H38ClN3O5. The molecular weight excluding hydrogens is 554 g/mol. The molecule has 3 aromatic rings. The molecule has 3 aromatic carbocycles. The van der Waals surface area contributed by atoms with E-state index in [2.05, 4.69) is 22.6 Å². The summed E-state index contributed by atoms with van der Waals surface area (Å²) < 4.78 is 11.2. The summed E-state index contributed by atoms with van der Waals surface area (Å²) in [6, 6.07) is 20.1. The Bertz CT molecular complexity index is 1400. The molecule has 0 unspecified atom stereocenters. The minimum absolute atomic E-state index is 0.0751. The van der Waals surface area contributed by atoms with Gasteiger partial charge in [-0.2, -0.15) is 0 Å². The minimum Gasteiger partial charge on any atom is -0.496 e. The summed E-state index contributed by atoms with van der Waals surface area (Å²) in [6.45, 7) is -0.214. The quantitative estimate of drug-likeness (QED) is 0.244. The van der Waals surface area contributed by atoms with Gasteiger partial charge in [-0.3, -0.25) is 10.1 Å². The molecule has 0 aromatic heterocycles. The van der Waals surface area contributed by atoms with Crippen LogP contribution in [0.15, 0.2) is 60.7 Å². The third-order valence-corrected chi connectivity index (χ3v) is 8.73. The number of rotatable bonds is 10. The summed E-state index contributed by atoms with van der Waals surface area (Å²) >= 11 is 6.29. The van der Waals surface area contributed by atoms with Gasteiger partial charge in [-0.15, -0.1) is 0 Å². The fourth-order valence-corrected chi connectivity index (χ4v) is 6.37. The highest BCUT2D eigenvalue weighted by molar-refractivity contribution is 6.33. The number of aryl methyl sites for hydroxylation is 1. The Morgan fingerprint density at radius 2 is 1.74 bits per heavy atom. The number of hydrogen-bond acceptors (Lipinski definition) is 6. The average Bonchev–Trinajstić information content (AvgIpc) is 3.18. The highest BCUT2D eigenvalue weighted by atomic mass is 35.5. The molecule has 2 aliphatic rings. The van der Waals surface area contributed by atoms with E-state index < -0.39 is 6.09 Å². The predicted octanol–water partition coefficient (Wildman–Crippen LogP) is 6.64. The first kappa shape index (κ1) is 29.9. The molecule has 9 heteroatoms. The van der Waals surface area contributed by atoms with Gasteiger partial charge in [0.1, 0.15) is 11.9 Å². The number of methoxy groups -OCH3 is 1. The number of hydrogen-bond donors (Lipinski definition) is 3. The van der Waals surface area contributed by atoms with E-state index in [1.807, 2.05) is 48.5 Å². The standard InChI is InChI=1S/C33H38ClN3O5/c1-37-24-12-13-25(37)18-26(17-24)42-33(40)36-29-15-21(11-14-27(29)22-8-4-3-5-9-22)7-6-10-32(39)35-30-19-31(41-2)23(20-38)16-28(30)34/h3-5,8-9,11,14-16,19,24-26,38H,6-7,10,12-13,17-18,20H2,1-2H3,(H,35,39)(H,36,40)/t24-,25+,26-. The number of carbonyl (C=O) groups is 2. The maximum Gasteiger partial charge on any atom is 0.411 e. The maximum atomic E-state index is 13.0. The van der Waals surface area contributed by atoms with E-state index in [0.29, 0.717) is 52.6 Å². The molecule has 0 saturated carbocycles. The molecule has 42 heavy (non-hydrogen) atoms. The van der Waals surface area contributed by atoms with Crippen LogP contribution in [0.5, 0.6) is 5.75 Å². The lowest BCUT2D eigenvalue weighted by Gasteiger charge is -2.35. The van der Waals surface area contributed by atoms with Gasteiger partial charge in [0.25, 0.3) is 0 Å². The number of halogens is 1. The molecule has 2 fully saturated rings. The second-order valence-corrected chi connectivity index (χ2v) is 11.5. The monoisotopic (exact) mass is 591 g/mol. The van der Waals surface area contributed by atoms with Crippen molar-refractivity contribution in [1.29, 1.82) is 0 Å². The zero-order chi connectivity index (χ0) is 29.6. The molecule has 2 aliphatic heterocycles. The van der Waals surface area contributed by atoms with Crippen LogP contribution in [0.3, 0.4) is 0 Å². The molecule has 0 radical (unpaired) electrons. The number of aliphatic hydroxyl groups is 1. The summed E-state index contributed by atoms with van der Waals surface area (Å²) in [5.74, 6) is 0.281. The Morgan fingerprint density at radius 1 is 1.00 bits per heavy atom. The van der Waals surface area contributed by atoms with Crippen LogP contribution in [0.25, 0.3) is 11.1 Å². The van der Waals surface area contributed by atoms with Gasteiger partial charge in [-0.05, 0) is 56.0 Å². The van der Waals surface area contributed by atoms with Gasteiger partial charge in [0.05, 0.1) is 30.1 Å². The number of nitrogens with one attached hydrogen (secondary N) is 2. The van der Waals surface area contributed by atoms with Crippen LogP contribution < -0.4 is 15.4 Å². The third kappa shape index (κ3) is 7.06. The van der Waals surface area contributed by atoms with Gasteiger partial charge in [-0.1, -0.05) is 54.1 Å². The van der Waals surface area contributed by atoms with Gasteiger partial charge in [0.2, 0.25) is 5.91 Å². The van der Waals surface area contributed by atoms with Crippen molar-refractivity contribution in [2.45, 2.75) is 69.7 Å². The predicted molar refractivity (Wildman–Crippen MR) is 165 cm³/mol. The number of piperidine rings is 1. The van der Waals surface area contributed by atoms with E-state index in [1.165, 1.54) is 7.11 Å². The van der Waals surface area contributed by atoms with Crippen molar-refractivity contribution in [3.05, 3.63) is 76.8 Å². The molecule has 0 aliphatic carbocycles. The average molecular weight is 592 g/mol. The van der Waals surface area contributed by atoms with Gasteiger partial charge in [0.15, 0.2) is 0 Å². The van der Waals surface area contributed by atoms with Gasteiger partial charge in [-0.25, -0.2) is 4.79 Å². The van der Waals surface area contributed by atoms with Gasteiger partial charge >= 0.3 is 6.09 Å². The van der Waals surface area contributed by atoms with E-state index in [4.69, 9.17) is 21.1 Å². The van der Waals surface area contributed by atoms with Crippen molar-refractivity contribution in [3.63, 3.8) is 0 Å². The van der Waals surface area contributed by atoms with Crippen LogP contribution in [0.2, 0.25) is 5.02 Å². The van der Waals surface area contributed by atoms with Crippen LogP contribution >= 0.6 is 11.6 Å². The van der Waals surface area contributed by atoms with Gasteiger partial charge in [0, 0.05) is 48.5 Å². The molecule has 3 atom stereocenters. The Morgan fingerprint density at radius 3 is 2.43 bits per heavy atom. The molecule has 3 N–H and O–H groups in total. The van der Waals surface area contributed by atoms with Crippen molar-refractivity contribution in [2.75, 3.05) is 24.8 Å². The van der Waals surface area contributed by atoms with Crippen LogP contribution in [0, 0.1) is 0 Å². The van der Waals surface area contributed by atoms with E-state index in [1.54, 1.807) is 12.1 Å². The van der Waals surface area contributed by atoms with Crippen molar-refractivity contribution in [3.8, 4) is 16.9 Å². The second-order valence-electron chi connectivity index (χ2n) is 11.1. The number of amides is 2. The van der Waals surface area contributed by atoms with Crippen molar-refractivity contribution in [1.82, 2.24) is 4.90 Å². The Kier molecular flexibility index (Phi) is 9.67. The largest absolute Gasteiger partial charge is 0.496 e. The zero-order valence-corrected chi connectivity index (χ0v) is 24.8. The first-order chi connectivity index (χ1) is 20.3. The normalized spacial score (nSPS) is 19.8. The van der Waals surface area contributed by atoms with E-state index in [0.717, 1.165) is 42.4 Å². The second kappa shape index (κ2) is 13.6. The summed E-state index contributed by atoms with van der Waals surface area (Å²) in [7, 11) is 3.67. The fourth-order valence-electron chi connectivity index (χ4n) is 6.14. The number of fused-ring (bicyclic) bond motifs is 2. The van der Waals surface area contributed by atoms with Crippen LogP contribution in [0.1, 0.15) is 49.7 Å². The van der Waals surface area contributed by atoms with Crippen molar-refractivity contribution >= 4 is 35.0 Å². The molecule has 2 heterocycles. The summed E-state index contributed by atoms with van der Waals surface area (Å²) in [5.41, 5.74) is 4.58. The zero-order valence-electron chi connectivity index (χ0n) is 24.1. The Hall–Kier alpha value is -3.59. The van der Waals surface area contributed by atoms with E-state index in [9.17, 15) is 14.7 Å². The SMILES string of the molecule is COc1cc(NC(=O)CCCc2ccc(-c3ccccc3)c(NC(=O)O[C@@H]3C[C@H]4CC[C@@H](C3)N4C)c2)c(Cl)cc1CO. The van der Waals surface area contributed by atoms with Gasteiger partial charge < -0.3 is 24.8 Å². The first-order valence-electron chi connectivity index (χ1n) is 14.5. The lowest BCUT2D eigenvalue weighted by atomic mass is 9.99. The molecule has 2 saturated heterocycles. The Labute approximate surface area is 252 Å². The smallest absolute Gasteiger partial charge is 0.411 e. The van der Waals surface area contributed by atoms with E-state index in [-0.39, 0.29) is 25.0 Å². The summed E-state index contributed by atoms with van der Waals surface area (Å²) in [5, 5.41) is 15.7. The summed E-state index contributed by atoms with van der Waals surface area (Å²) in [6.07, 6.45) is 5.09. The summed E-state index contributed by atoms with van der Waals surface area (Å²) in [4.78, 5) is 28.2. The molecule has 2 bridgehead atoms. The number of nitrogens with zero attached hydrogens (tertiary/aromatic N) is 1. The highest BCUT2D eigenvalue weighted by Gasteiger charge is 2.39. The lowest BCUT2D eigenvalue weighted by molar-refractivity contribution is -0.116. The van der Waals surface area contributed by atoms with Crippen LogP contribution in [-0.2, 0) is 22.6 Å². The Balaban J connectivity index is 1.22. The first-order valence-corrected chi connectivity index (χ1v) is 14.9. The van der Waals surface area contributed by atoms with Crippen molar-refractivity contribution < 1.29 is 24.2 Å². The molecule has 2 amide bonds. The molecule has 222 valence electrons. The van der Waals surface area contributed by atoms with Crippen molar-refractivity contribution in [2.24, 2.45) is 0 Å². The van der Waals surface area contributed by atoms with Crippen LogP contribution in [0.4, 0.5) is 16.2 Å². The number of anilines is 2. The minimum atomic E-state index is -0.433. The fraction of sp³-hybridized carbons (Fsp3) is 0.394.